The summed E-state index contributed by atoms with van der Waals surface area (Å²) in [5, 5.41) is 1.04. The van der Waals surface area contributed by atoms with E-state index in [2.05, 4.69) is 45.2 Å². The second kappa shape index (κ2) is 5.91. The molecule has 0 atom stereocenters. The molecule has 0 heterocycles. The van der Waals surface area contributed by atoms with Crippen molar-refractivity contribution in [3.05, 3.63) is 25.3 Å². The lowest BCUT2D eigenvalue weighted by Gasteiger charge is -2.26. The second-order valence-electron chi connectivity index (χ2n) is 2.77. The van der Waals surface area contributed by atoms with Crippen LogP contribution in [0.3, 0.4) is 0 Å². The molecule has 0 saturated heterocycles. The lowest BCUT2D eigenvalue weighted by Crippen LogP contribution is -2.57. The smallest absolute Gasteiger partial charge is 0.373 e. The van der Waals surface area contributed by atoms with Gasteiger partial charge in [0.2, 0.25) is 0 Å². The highest BCUT2D eigenvalue weighted by Gasteiger charge is 2.44. The maximum absolute atomic E-state index is 5.47. The van der Waals surface area contributed by atoms with Crippen molar-refractivity contribution in [3.63, 3.8) is 0 Å². The first kappa shape index (κ1) is 13.8. The summed E-state index contributed by atoms with van der Waals surface area (Å²) < 4.78 is 18.6. The van der Waals surface area contributed by atoms with Crippen molar-refractivity contribution in [1.82, 2.24) is 0 Å². The molecular formula is C9H12I2O3Si. The molecule has 15 heavy (non-hydrogen) atoms. The minimum atomic E-state index is -2.70. The van der Waals surface area contributed by atoms with E-state index in [0.29, 0.717) is 0 Å². The first-order valence-corrected chi connectivity index (χ1v) is 8.09. The fraction of sp³-hybridized carbons (Fsp3) is 0.333. The number of hydrogen-bond acceptors (Lipinski definition) is 3. The summed E-state index contributed by atoms with van der Waals surface area (Å²) in [5.74, 6) is 0. The summed E-state index contributed by atoms with van der Waals surface area (Å²) in [7, 11) is 2.17. The molecule has 0 spiro atoms. The van der Waals surface area contributed by atoms with Crippen molar-refractivity contribution < 1.29 is 13.3 Å². The van der Waals surface area contributed by atoms with Crippen LogP contribution >= 0.6 is 45.2 Å². The Bertz CT molecular complexity index is 314. The first-order chi connectivity index (χ1) is 7.11. The molecule has 0 radical (unpaired) electrons. The Morgan fingerprint density at radius 3 is 1.67 bits per heavy atom. The molecule has 1 rings (SSSR count). The predicted octanol–water partition coefficient (Wildman–Crippen LogP) is 1.98. The third-order valence-corrected chi connectivity index (χ3v) is 7.65. The van der Waals surface area contributed by atoms with Crippen molar-refractivity contribution in [2.75, 3.05) is 21.3 Å². The molecule has 0 aliphatic rings. The van der Waals surface area contributed by atoms with E-state index < -0.39 is 8.80 Å². The Labute approximate surface area is 118 Å². The molecule has 0 unspecified atom stereocenters. The zero-order valence-electron chi connectivity index (χ0n) is 8.71. The second-order valence-corrected chi connectivity index (χ2v) is 7.93. The zero-order chi connectivity index (χ0) is 11.5. The van der Waals surface area contributed by atoms with Gasteiger partial charge in [-0.25, -0.2) is 0 Å². The molecule has 0 aliphatic heterocycles. The SMILES string of the molecule is CO[Si](OC)(OC)c1c(I)cccc1I. The first-order valence-electron chi connectivity index (χ1n) is 4.21. The van der Waals surface area contributed by atoms with Crippen molar-refractivity contribution in [1.29, 1.82) is 0 Å². The minimum Gasteiger partial charge on any atom is -0.373 e. The molecule has 3 nitrogen and oxygen atoms in total. The van der Waals surface area contributed by atoms with Gasteiger partial charge in [-0.2, -0.15) is 0 Å². The van der Waals surface area contributed by atoms with Crippen LogP contribution in [-0.2, 0) is 13.3 Å². The van der Waals surface area contributed by atoms with E-state index in [1.165, 1.54) is 0 Å². The monoisotopic (exact) mass is 450 g/mol. The third-order valence-electron chi connectivity index (χ3n) is 2.08. The van der Waals surface area contributed by atoms with E-state index in [-0.39, 0.29) is 0 Å². The molecule has 6 heteroatoms. The van der Waals surface area contributed by atoms with Crippen LogP contribution in [0.15, 0.2) is 18.2 Å². The quantitative estimate of drug-likeness (QED) is 0.519. The Morgan fingerprint density at radius 1 is 0.933 bits per heavy atom. The van der Waals surface area contributed by atoms with E-state index in [1.54, 1.807) is 21.3 Å². The van der Waals surface area contributed by atoms with Gasteiger partial charge in [0.1, 0.15) is 0 Å². The Kier molecular flexibility index (Phi) is 5.46. The van der Waals surface area contributed by atoms with Gasteiger partial charge in [0.05, 0.1) is 0 Å². The molecular weight excluding hydrogens is 438 g/mol. The van der Waals surface area contributed by atoms with Gasteiger partial charge in [0.25, 0.3) is 0 Å². The molecule has 0 saturated carbocycles. The van der Waals surface area contributed by atoms with Gasteiger partial charge in [-0.05, 0) is 57.3 Å². The average molecular weight is 450 g/mol. The van der Waals surface area contributed by atoms with Gasteiger partial charge in [0, 0.05) is 33.7 Å². The van der Waals surface area contributed by atoms with Crippen molar-refractivity contribution in [3.8, 4) is 0 Å². The number of hydrogen-bond donors (Lipinski definition) is 0. The molecule has 0 aromatic heterocycles. The summed E-state index contributed by atoms with van der Waals surface area (Å²) in [5.41, 5.74) is 0. The average Bonchev–Trinajstić information content (AvgIpc) is 2.24. The standard InChI is InChI=1S/C9H12I2O3Si/c1-12-15(13-2,14-3)9-7(10)5-4-6-8(9)11/h4-6H,1-3H3. The summed E-state index contributed by atoms with van der Waals surface area (Å²) in [6.07, 6.45) is 0. The Hall–Kier alpha value is 0.777. The van der Waals surface area contributed by atoms with Gasteiger partial charge in [-0.15, -0.1) is 0 Å². The number of benzene rings is 1. The molecule has 0 amide bonds. The maximum Gasteiger partial charge on any atom is 0.538 e. The van der Waals surface area contributed by atoms with Crippen LogP contribution in [0.2, 0.25) is 0 Å². The molecule has 0 aliphatic carbocycles. The minimum absolute atomic E-state index is 1.04. The highest BCUT2D eigenvalue weighted by molar-refractivity contribution is 14.1. The molecule has 0 fully saturated rings. The van der Waals surface area contributed by atoms with E-state index in [1.807, 2.05) is 18.2 Å². The fourth-order valence-corrected chi connectivity index (χ4v) is 6.70. The van der Waals surface area contributed by atoms with E-state index >= 15 is 0 Å². The van der Waals surface area contributed by atoms with Gasteiger partial charge in [-0.3, -0.25) is 0 Å². The zero-order valence-corrected chi connectivity index (χ0v) is 14.0. The van der Waals surface area contributed by atoms with Crippen LogP contribution in [-0.4, -0.2) is 30.1 Å². The van der Waals surface area contributed by atoms with Gasteiger partial charge >= 0.3 is 8.80 Å². The topological polar surface area (TPSA) is 27.7 Å². The van der Waals surface area contributed by atoms with Crippen LogP contribution < -0.4 is 5.19 Å². The van der Waals surface area contributed by atoms with Crippen LogP contribution in [0.5, 0.6) is 0 Å². The van der Waals surface area contributed by atoms with E-state index in [0.717, 1.165) is 12.3 Å². The maximum atomic E-state index is 5.47. The number of halogens is 2. The van der Waals surface area contributed by atoms with Crippen LogP contribution in [0.4, 0.5) is 0 Å². The van der Waals surface area contributed by atoms with Gasteiger partial charge in [-0.1, -0.05) is 6.07 Å². The van der Waals surface area contributed by atoms with Crippen molar-refractivity contribution in [2.24, 2.45) is 0 Å². The normalized spacial score (nSPS) is 11.8. The summed E-state index contributed by atoms with van der Waals surface area (Å²) >= 11 is 4.54. The molecule has 0 bridgehead atoms. The molecule has 0 N–H and O–H groups in total. The lowest BCUT2D eigenvalue weighted by molar-refractivity contribution is 0.140. The lowest BCUT2D eigenvalue weighted by atomic mass is 10.4. The highest BCUT2D eigenvalue weighted by atomic mass is 127. The van der Waals surface area contributed by atoms with Crippen molar-refractivity contribution >= 4 is 59.2 Å². The molecule has 1 aromatic rings. The number of rotatable bonds is 4. The Morgan fingerprint density at radius 2 is 1.33 bits per heavy atom. The molecule has 84 valence electrons. The molecule has 1 aromatic carbocycles. The van der Waals surface area contributed by atoms with Gasteiger partial charge in [0.15, 0.2) is 0 Å². The summed E-state index contributed by atoms with van der Waals surface area (Å²) in [4.78, 5) is 0. The fourth-order valence-electron chi connectivity index (χ4n) is 1.35. The van der Waals surface area contributed by atoms with Crippen molar-refractivity contribution in [2.45, 2.75) is 0 Å². The third kappa shape index (κ3) is 2.72. The Balaban J connectivity index is 3.34. The van der Waals surface area contributed by atoms with Gasteiger partial charge < -0.3 is 13.3 Å². The summed E-state index contributed by atoms with van der Waals surface area (Å²) in [6.45, 7) is 0. The van der Waals surface area contributed by atoms with Crippen LogP contribution in [0, 0.1) is 7.14 Å². The van der Waals surface area contributed by atoms with Crippen LogP contribution in [0.25, 0.3) is 0 Å². The van der Waals surface area contributed by atoms with Crippen LogP contribution in [0.1, 0.15) is 0 Å². The predicted molar refractivity (Wildman–Crippen MR) is 78.3 cm³/mol. The van der Waals surface area contributed by atoms with E-state index in [9.17, 15) is 0 Å². The largest absolute Gasteiger partial charge is 0.538 e. The highest BCUT2D eigenvalue weighted by Crippen LogP contribution is 2.16. The van der Waals surface area contributed by atoms with E-state index in [4.69, 9.17) is 13.3 Å². The summed E-state index contributed by atoms with van der Waals surface area (Å²) in [6, 6.07) is 6.06.